The van der Waals surface area contributed by atoms with Crippen molar-refractivity contribution in [2.24, 2.45) is 0 Å². The van der Waals surface area contributed by atoms with E-state index >= 15 is 0 Å². The van der Waals surface area contributed by atoms with Crippen LogP contribution in [0.4, 0.5) is 0 Å². The highest BCUT2D eigenvalue weighted by atomic mass is 35.5. The largest absolute Gasteiger partial charge is 0.369 e. The molecule has 2 atom stereocenters. The molecule has 0 aromatic rings. The molecular weight excluding hydrogens is 240 g/mol. The molecule has 0 aromatic carbocycles. The van der Waals surface area contributed by atoms with Gasteiger partial charge in [0.25, 0.3) is 0 Å². The number of rotatable bonds is 1. The van der Waals surface area contributed by atoms with Crippen molar-refractivity contribution in [2.75, 3.05) is 19.6 Å². The summed E-state index contributed by atoms with van der Waals surface area (Å²) in [6.07, 6.45) is 2.22. The topological polar surface area (TPSA) is 41.6 Å². The highest BCUT2D eigenvalue weighted by molar-refractivity contribution is 5.85. The average molecular weight is 263 g/mol. The molecule has 2 aliphatic rings. The number of carbonyl (C=O) groups excluding carboxylic acids is 1. The number of carbonyl (C=O) groups is 1. The first-order chi connectivity index (χ1) is 7.48. The fraction of sp³-hybridized carbons (Fsp3) is 0.917. The smallest absolute Gasteiger partial charge is 0.239 e. The van der Waals surface area contributed by atoms with Crippen molar-refractivity contribution in [2.45, 2.75) is 51.4 Å². The first kappa shape index (κ1) is 14.7. The lowest BCUT2D eigenvalue weighted by Gasteiger charge is -2.42. The maximum Gasteiger partial charge on any atom is 0.239 e. The van der Waals surface area contributed by atoms with E-state index in [0.29, 0.717) is 6.54 Å². The summed E-state index contributed by atoms with van der Waals surface area (Å²) in [6.45, 7) is 8.52. The Hall–Kier alpha value is -0.320. The van der Waals surface area contributed by atoms with E-state index in [-0.39, 0.29) is 36.1 Å². The molecule has 0 bridgehead atoms. The third-order valence-corrected chi connectivity index (χ3v) is 3.24. The summed E-state index contributed by atoms with van der Waals surface area (Å²) < 4.78 is 5.80. The fourth-order valence-electron chi connectivity index (χ4n) is 2.74. The van der Waals surface area contributed by atoms with Crippen LogP contribution in [0.1, 0.15) is 33.6 Å². The molecule has 2 aliphatic heterocycles. The second kappa shape index (κ2) is 5.55. The minimum absolute atomic E-state index is 0. The van der Waals surface area contributed by atoms with Crippen molar-refractivity contribution in [3.8, 4) is 0 Å². The highest BCUT2D eigenvalue weighted by Gasteiger charge is 2.36. The lowest BCUT2D eigenvalue weighted by Crippen LogP contribution is -2.57. The van der Waals surface area contributed by atoms with E-state index in [2.05, 4.69) is 5.32 Å². The number of hydrogen-bond acceptors (Lipinski definition) is 3. The van der Waals surface area contributed by atoms with Crippen LogP contribution < -0.4 is 5.32 Å². The Bertz CT molecular complexity index is 278. The molecule has 2 saturated heterocycles. The number of amides is 1. The summed E-state index contributed by atoms with van der Waals surface area (Å²) in [5.41, 5.74) is -0.216. The van der Waals surface area contributed by atoms with Gasteiger partial charge in [0, 0.05) is 13.1 Å². The van der Waals surface area contributed by atoms with E-state index in [1.807, 2.05) is 25.7 Å². The molecule has 0 radical (unpaired) electrons. The van der Waals surface area contributed by atoms with Gasteiger partial charge in [-0.3, -0.25) is 4.79 Å². The minimum atomic E-state index is -0.216. The van der Waals surface area contributed by atoms with Gasteiger partial charge in [0.15, 0.2) is 0 Å². The summed E-state index contributed by atoms with van der Waals surface area (Å²) in [4.78, 5) is 14.2. The van der Waals surface area contributed by atoms with Gasteiger partial charge in [0.05, 0.1) is 17.7 Å². The van der Waals surface area contributed by atoms with Crippen molar-refractivity contribution in [3.63, 3.8) is 0 Å². The van der Waals surface area contributed by atoms with E-state index < -0.39 is 0 Å². The fourth-order valence-corrected chi connectivity index (χ4v) is 2.74. The van der Waals surface area contributed by atoms with Gasteiger partial charge in [0.1, 0.15) is 0 Å². The Balaban J connectivity index is 0.00000144. The number of nitrogens with one attached hydrogen (secondary N) is 1. The van der Waals surface area contributed by atoms with E-state index in [4.69, 9.17) is 4.74 Å². The summed E-state index contributed by atoms with van der Waals surface area (Å²) in [5, 5.41) is 3.26. The summed E-state index contributed by atoms with van der Waals surface area (Å²) >= 11 is 0. The molecule has 0 saturated carbocycles. The highest BCUT2D eigenvalue weighted by Crippen LogP contribution is 2.22. The minimum Gasteiger partial charge on any atom is -0.369 e. The van der Waals surface area contributed by atoms with Gasteiger partial charge in [-0.25, -0.2) is 0 Å². The normalized spacial score (nSPS) is 32.1. The SMILES string of the molecule is CC1CN(C(=O)[C@@H]2CCCN2)CC(C)(C)O1.Cl. The zero-order valence-electron chi connectivity index (χ0n) is 10.9. The van der Waals surface area contributed by atoms with Crippen LogP contribution in [0, 0.1) is 0 Å². The Morgan fingerprint density at radius 2 is 2.18 bits per heavy atom. The first-order valence-corrected chi connectivity index (χ1v) is 6.18. The summed E-state index contributed by atoms with van der Waals surface area (Å²) in [5.74, 6) is 0.251. The third kappa shape index (κ3) is 3.57. The zero-order chi connectivity index (χ0) is 11.8. The van der Waals surface area contributed by atoms with Crippen LogP contribution in [0.2, 0.25) is 0 Å². The molecule has 0 aromatic heterocycles. The Morgan fingerprint density at radius 3 is 2.71 bits per heavy atom. The number of hydrogen-bond donors (Lipinski definition) is 1. The van der Waals surface area contributed by atoms with E-state index in [9.17, 15) is 4.79 Å². The average Bonchev–Trinajstić information content (AvgIpc) is 2.65. The molecule has 2 rings (SSSR count). The molecule has 1 unspecified atom stereocenters. The molecule has 2 heterocycles. The monoisotopic (exact) mass is 262 g/mol. The molecule has 4 nitrogen and oxygen atoms in total. The summed E-state index contributed by atoms with van der Waals surface area (Å²) in [7, 11) is 0. The predicted molar refractivity (Wildman–Crippen MR) is 69.5 cm³/mol. The van der Waals surface area contributed by atoms with Crippen molar-refractivity contribution in [3.05, 3.63) is 0 Å². The molecule has 1 amide bonds. The Morgan fingerprint density at radius 1 is 1.47 bits per heavy atom. The zero-order valence-corrected chi connectivity index (χ0v) is 11.7. The van der Waals surface area contributed by atoms with Gasteiger partial charge >= 0.3 is 0 Å². The van der Waals surface area contributed by atoms with E-state index in [0.717, 1.165) is 25.9 Å². The van der Waals surface area contributed by atoms with E-state index in [1.54, 1.807) is 0 Å². The van der Waals surface area contributed by atoms with Crippen molar-refractivity contribution < 1.29 is 9.53 Å². The van der Waals surface area contributed by atoms with Crippen molar-refractivity contribution in [1.29, 1.82) is 0 Å². The van der Waals surface area contributed by atoms with Gasteiger partial charge in [-0.2, -0.15) is 0 Å². The summed E-state index contributed by atoms with van der Waals surface area (Å²) in [6, 6.07) is 0.0427. The van der Waals surface area contributed by atoms with Crippen LogP contribution >= 0.6 is 12.4 Å². The maximum absolute atomic E-state index is 12.2. The van der Waals surface area contributed by atoms with Crippen LogP contribution in [0.3, 0.4) is 0 Å². The van der Waals surface area contributed by atoms with Crippen LogP contribution in [0.5, 0.6) is 0 Å². The molecule has 2 fully saturated rings. The molecule has 1 N–H and O–H groups in total. The molecule has 100 valence electrons. The van der Waals surface area contributed by atoms with Gasteiger partial charge in [-0.05, 0) is 40.2 Å². The van der Waals surface area contributed by atoms with Crippen molar-refractivity contribution >= 4 is 18.3 Å². The van der Waals surface area contributed by atoms with Crippen LogP contribution in [0.25, 0.3) is 0 Å². The number of halogens is 1. The van der Waals surface area contributed by atoms with Gasteiger partial charge in [0.2, 0.25) is 5.91 Å². The Labute approximate surface area is 109 Å². The first-order valence-electron chi connectivity index (χ1n) is 6.18. The number of nitrogens with zero attached hydrogens (tertiary/aromatic N) is 1. The van der Waals surface area contributed by atoms with Crippen molar-refractivity contribution in [1.82, 2.24) is 10.2 Å². The molecule has 0 spiro atoms. The standard InChI is InChI=1S/C12H22N2O2.ClH/c1-9-7-14(8-12(2,3)16-9)11(15)10-5-4-6-13-10;/h9-10,13H,4-8H2,1-3H3;1H/t9?,10-;/m0./s1. The lowest BCUT2D eigenvalue weighted by atomic mass is 10.0. The molecular formula is C12H23ClN2O2. The predicted octanol–water partition coefficient (Wildman–Crippen LogP) is 1.19. The van der Waals surface area contributed by atoms with Gasteiger partial charge in [-0.1, -0.05) is 0 Å². The second-order valence-corrected chi connectivity index (χ2v) is 5.56. The van der Waals surface area contributed by atoms with Crippen LogP contribution in [0.15, 0.2) is 0 Å². The molecule has 0 aliphatic carbocycles. The van der Waals surface area contributed by atoms with Gasteiger partial charge in [-0.15, -0.1) is 12.4 Å². The second-order valence-electron chi connectivity index (χ2n) is 5.56. The van der Waals surface area contributed by atoms with Gasteiger partial charge < -0.3 is 15.0 Å². The number of ether oxygens (including phenoxy) is 1. The lowest BCUT2D eigenvalue weighted by molar-refractivity contribution is -0.159. The maximum atomic E-state index is 12.2. The Kier molecular flexibility index (Phi) is 4.81. The third-order valence-electron chi connectivity index (χ3n) is 3.24. The number of morpholine rings is 1. The quantitative estimate of drug-likeness (QED) is 0.772. The molecule has 17 heavy (non-hydrogen) atoms. The van der Waals surface area contributed by atoms with Crippen LogP contribution in [-0.2, 0) is 9.53 Å². The molecule has 5 heteroatoms. The van der Waals surface area contributed by atoms with Crippen LogP contribution in [-0.4, -0.2) is 48.2 Å². The van der Waals surface area contributed by atoms with E-state index in [1.165, 1.54) is 0 Å².